The Labute approximate surface area is 142 Å². The van der Waals surface area contributed by atoms with E-state index in [0.29, 0.717) is 6.54 Å². The van der Waals surface area contributed by atoms with E-state index in [0.717, 1.165) is 25.6 Å². The highest BCUT2D eigenvalue weighted by Gasteiger charge is 2.08. The van der Waals surface area contributed by atoms with Crippen molar-refractivity contribution < 1.29 is 9.13 Å². The van der Waals surface area contributed by atoms with Crippen molar-refractivity contribution in [2.75, 3.05) is 19.6 Å². The van der Waals surface area contributed by atoms with Gasteiger partial charge in [0.15, 0.2) is 17.5 Å². The van der Waals surface area contributed by atoms with Gasteiger partial charge in [-0.05, 0) is 38.1 Å². The highest BCUT2D eigenvalue weighted by Crippen LogP contribution is 2.16. The van der Waals surface area contributed by atoms with Crippen LogP contribution in [0.1, 0.15) is 13.8 Å². The first-order valence-corrected chi connectivity index (χ1v) is 8.23. The molecule has 2 aromatic rings. The first-order chi connectivity index (χ1) is 11.7. The molecule has 1 atom stereocenters. The molecule has 130 valence electrons. The Morgan fingerprint density at radius 1 is 1.21 bits per heavy atom. The highest BCUT2D eigenvalue weighted by atomic mass is 19.1. The van der Waals surface area contributed by atoms with Gasteiger partial charge in [-0.3, -0.25) is 0 Å². The number of rotatable bonds is 8. The monoisotopic (exact) mass is 332 g/mol. The van der Waals surface area contributed by atoms with Gasteiger partial charge in [-0.25, -0.2) is 9.38 Å². The van der Waals surface area contributed by atoms with Crippen LogP contribution in [0.2, 0.25) is 0 Å². The molecule has 1 unspecified atom stereocenters. The van der Waals surface area contributed by atoms with Crippen molar-refractivity contribution in [1.82, 2.24) is 15.2 Å². The lowest BCUT2D eigenvalue weighted by atomic mass is 10.3. The summed E-state index contributed by atoms with van der Waals surface area (Å²) in [5, 5.41) is 6.47. The second-order valence-corrected chi connectivity index (χ2v) is 5.43. The van der Waals surface area contributed by atoms with Gasteiger partial charge in [-0.15, -0.1) is 0 Å². The summed E-state index contributed by atoms with van der Waals surface area (Å²) in [7, 11) is 0. The predicted octanol–water partition coefficient (Wildman–Crippen LogP) is 2.65. The Kier molecular flexibility index (Phi) is 7.14. The summed E-state index contributed by atoms with van der Waals surface area (Å²) in [5.41, 5.74) is 0. The molecule has 0 amide bonds. The predicted molar refractivity (Wildman–Crippen MR) is 94.9 cm³/mol. The molecule has 1 aromatic carbocycles. The lowest BCUT2D eigenvalue weighted by Gasteiger charge is -2.15. The van der Waals surface area contributed by atoms with E-state index in [9.17, 15) is 4.39 Å². The van der Waals surface area contributed by atoms with E-state index in [4.69, 9.17) is 4.74 Å². The van der Waals surface area contributed by atoms with Crippen LogP contribution in [0, 0.1) is 5.82 Å². The molecule has 0 fully saturated rings. The second-order valence-electron chi connectivity index (χ2n) is 5.43. The Bertz CT molecular complexity index is 628. The maximum absolute atomic E-state index is 13.6. The number of hydrogen-bond donors (Lipinski definition) is 2. The minimum atomic E-state index is -0.356. The summed E-state index contributed by atoms with van der Waals surface area (Å²) >= 11 is 0. The lowest BCUT2D eigenvalue weighted by molar-refractivity contribution is 0.220. The third kappa shape index (κ3) is 5.95. The SMILES string of the molecule is CCNC(=NCC(C)Oc1ccccc1F)NCCn1cccc1. The van der Waals surface area contributed by atoms with Crippen molar-refractivity contribution in [3.05, 3.63) is 54.6 Å². The fraction of sp³-hybridized carbons (Fsp3) is 0.389. The van der Waals surface area contributed by atoms with Gasteiger partial charge in [-0.2, -0.15) is 0 Å². The van der Waals surface area contributed by atoms with Crippen LogP contribution >= 0.6 is 0 Å². The number of guanidine groups is 1. The van der Waals surface area contributed by atoms with Crippen molar-refractivity contribution in [1.29, 1.82) is 0 Å². The number of hydrogen-bond acceptors (Lipinski definition) is 2. The van der Waals surface area contributed by atoms with E-state index < -0.39 is 0 Å². The van der Waals surface area contributed by atoms with Crippen LogP contribution < -0.4 is 15.4 Å². The molecule has 6 heteroatoms. The van der Waals surface area contributed by atoms with Gasteiger partial charge in [0.25, 0.3) is 0 Å². The molecule has 24 heavy (non-hydrogen) atoms. The van der Waals surface area contributed by atoms with Gasteiger partial charge in [0.05, 0.1) is 6.54 Å². The summed E-state index contributed by atoms with van der Waals surface area (Å²) in [6.07, 6.45) is 3.83. The summed E-state index contributed by atoms with van der Waals surface area (Å²) in [4.78, 5) is 4.50. The van der Waals surface area contributed by atoms with E-state index in [2.05, 4.69) is 20.2 Å². The topological polar surface area (TPSA) is 50.6 Å². The zero-order valence-electron chi connectivity index (χ0n) is 14.2. The number of halogens is 1. The second kappa shape index (κ2) is 9.60. The average Bonchev–Trinajstić information content (AvgIpc) is 3.08. The van der Waals surface area contributed by atoms with Gasteiger partial charge in [-0.1, -0.05) is 12.1 Å². The summed E-state index contributed by atoms with van der Waals surface area (Å²) in [6, 6.07) is 10.4. The summed E-state index contributed by atoms with van der Waals surface area (Å²) < 4.78 is 21.3. The van der Waals surface area contributed by atoms with Crippen molar-refractivity contribution >= 4 is 5.96 Å². The summed E-state index contributed by atoms with van der Waals surface area (Å²) in [6.45, 7) is 6.73. The molecule has 0 saturated heterocycles. The molecule has 0 saturated carbocycles. The van der Waals surface area contributed by atoms with Crippen LogP contribution in [0.5, 0.6) is 5.75 Å². The lowest BCUT2D eigenvalue weighted by Crippen LogP contribution is -2.39. The Balaban J connectivity index is 1.81. The van der Waals surface area contributed by atoms with Crippen molar-refractivity contribution in [2.24, 2.45) is 4.99 Å². The third-order valence-corrected chi connectivity index (χ3v) is 3.34. The first kappa shape index (κ1) is 17.8. The molecule has 0 aliphatic carbocycles. The molecule has 1 aromatic heterocycles. The zero-order valence-corrected chi connectivity index (χ0v) is 14.2. The molecule has 0 aliphatic rings. The van der Waals surface area contributed by atoms with Crippen molar-refractivity contribution in [2.45, 2.75) is 26.5 Å². The van der Waals surface area contributed by atoms with Crippen LogP contribution in [0.15, 0.2) is 53.8 Å². The van der Waals surface area contributed by atoms with E-state index in [-0.39, 0.29) is 17.7 Å². The number of aliphatic imine (C=N–C) groups is 1. The minimum Gasteiger partial charge on any atom is -0.486 e. The zero-order chi connectivity index (χ0) is 17.2. The first-order valence-electron chi connectivity index (χ1n) is 8.23. The van der Waals surface area contributed by atoms with Gasteiger partial charge >= 0.3 is 0 Å². The van der Waals surface area contributed by atoms with Crippen LogP contribution in [0.4, 0.5) is 4.39 Å². The van der Waals surface area contributed by atoms with E-state index >= 15 is 0 Å². The smallest absolute Gasteiger partial charge is 0.191 e. The van der Waals surface area contributed by atoms with E-state index in [1.807, 2.05) is 38.4 Å². The average molecular weight is 332 g/mol. The molecule has 1 heterocycles. The van der Waals surface area contributed by atoms with Gasteiger partial charge in [0, 0.05) is 32.0 Å². The van der Waals surface area contributed by atoms with Crippen LogP contribution in [-0.4, -0.2) is 36.3 Å². The number of ether oxygens (including phenoxy) is 1. The molecule has 0 spiro atoms. The Morgan fingerprint density at radius 3 is 2.67 bits per heavy atom. The number of nitrogens with zero attached hydrogens (tertiary/aromatic N) is 2. The molecule has 2 rings (SSSR count). The Hall–Kier alpha value is -2.50. The van der Waals surface area contributed by atoms with Crippen molar-refractivity contribution in [3.8, 4) is 5.75 Å². The molecule has 0 aliphatic heterocycles. The fourth-order valence-corrected chi connectivity index (χ4v) is 2.18. The molecular formula is C18H25FN4O. The molecular weight excluding hydrogens is 307 g/mol. The van der Waals surface area contributed by atoms with Crippen LogP contribution in [0.3, 0.4) is 0 Å². The molecule has 2 N–H and O–H groups in total. The third-order valence-electron chi connectivity index (χ3n) is 3.34. The number of aromatic nitrogens is 1. The number of para-hydroxylation sites is 1. The highest BCUT2D eigenvalue weighted by molar-refractivity contribution is 5.79. The summed E-state index contributed by atoms with van der Waals surface area (Å²) in [5.74, 6) is 0.629. The number of nitrogens with one attached hydrogen (secondary N) is 2. The van der Waals surface area contributed by atoms with Gasteiger partial charge < -0.3 is 19.9 Å². The van der Waals surface area contributed by atoms with Gasteiger partial charge in [0.2, 0.25) is 0 Å². The quantitative estimate of drug-likeness (QED) is 0.577. The van der Waals surface area contributed by atoms with Gasteiger partial charge in [0.1, 0.15) is 6.10 Å². The number of benzene rings is 1. The maximum atomic E-state index is 13.6. The minimum absolute atomic E-state index is 0.221. The Morgan fingerprint density at radius 2 is 1.96 bits per heavy atom. The molecule has 0 bridgehead atoms. The van der Waals surface area contributed by atoms with E-state index in [1.165, 1.54) is 6.07 Å². The largest absolute Gasteiger partial charge is 0.486 e. The standard InChI is InChI=1S/C18H25FN4O/c1-3-20-18(21-10-13-23-11-6-7-12-23)22-14-15(2)24-17-9-5-4-8-16(17)19/h4-9,11-12,15H,3,10,13-14H2,1-2H3,(H2,20,21,22). The van der Waals surface area contributed by atoms with Crippen LogP contribution in [0.25, 0.3) is 0 Å². The van der Waals surface area contributed by atoms with E-state index in [1.54, 1.807) is 18.2 Å². The normalized spacial score (nSPS) is 12.7. The molecule has 0 radical (unpaired) electrons. The molecule has 5 nitrogen and oxygen atoms in total. The van der Waals surface area contributed by atoms with Crippen molar-refractivity contribution in [3.63, 3.8) is 0 Å². The fourth-order valence-electron chi connectivity index (χ4n) is 2.18. The van der Waals surface area contributed by atoms with Crippen LogP contribution in [-0.2, 0) is 6.54 Å². The maximum Gasteiger partial charge on any atom is 0.191 e.